The zero-order chi connectivity index (χ0) is 20.1. The molecule has 0 N–H and O–H groups in total. The summed E-state index contributed by atoms with van der Waals surface area (Å²) in [7, 11) is 0. The number of nitrogens with zero attached hydrogens (tertiary/aromatic N) is 3. The second kappa shape index (κ2) is 7.36. The van der Waals surface area contributed by atoms with Crippen LogP contribution in [0.5, 0.6) is 0 Å². The molecule has 4 aliphatic heterocycles. The van der Waals surface area contributed by atoms with Gasteiger partial charge in [-0.3, -0.25) is 9.80 Å². The average Bonchev–Trinajstić information content (AvgIpc) is 3.27. The van der Waals surface area contributed by atoms with Gasteiger partial charge in [0, 0.05) is 13.1 Å². The third kappa shape index (κ3) is 3.10. The van der Waals surface area contributed by atoms with Crippen molar-refractivity contribution >= 4 is 27.6 Å². The third-order valence-electron chi connectivity index (χ3n) is 7.04. The van der Waals surface area contributed by atoms with Crippen molar-refractivity contribution < 1.29 is 9.53 Å². The van der Waals surface area contributed by atoms with E-state index in [-0.39, 0.29) is 18.2 Å². The van der Waals surface area contributed by atoms with Gasteiger partial charge in [0.2, 0.25) is 0 Å². The lowest BCUT2D eigenvalue weighted by Gasteiger charge is -2.45. The Bertz CT molecular complexity index is 1090. The highest BCUT2D eigenvalue weighted by Crippen LogP contribution is 2.38. The highest BCUT2D eigenvalue weighted by molar-refractivity contribution is 7.16. The SMILES string of the molecule is O=C(O[C@@H]1CN2CCC1CC2)N1CCc2ccccc2[C@@H]1c1ccc2ncsc2c1. The lowest BCUT2D eigenvalue weighted by atomic mass is 9.86. The van der Waals surface area contributed by atoms with Gasteiger partial charge in [-0.25, -0.2) is 9.78 Å². The number of aromatic nitrogens is 1. The second-order valence-corrected chi connectivity index (χ2v) is 9.57. The molecule has 6 heteroatoms. The summed E-state index contributed by atoms with van der Waals surface area (Å²) in [6.45, 7) is 3.86. The normalized spacial score (nSPS) is 27.8. The smallest absolute Gasteiger partial charge is 0.410 e. The van der Waals surface area contributed by atoms with Gasteiger partial charge in [0.05, 0.1) is 21.8 Å². The zero-order valence-corrected chi connectivity index (χ0v) is 17.7. The van der Waals surface area contributed by atoms with Crippen LogP contribution in [-0.4, -0.2) is 53.2 Å². The summed E-state index contributed by atoms with van der Waals surface area (Å²) in [4.78, 5) is 22.2. The molecule has 7 rings (SSSR count). The number of hydrogen-bond donors (Lipinski definition) is 0. The number of rotatable bonds is 2. The first-order valence-corrected chi connectivity index (χ1v) is 11.7. The van der Waals surface area contributed by atoms with Crippen molar-refractivity contribution in [2.75, 3.05) is 26.2 Å². The van der Waals surface area contributed by atoms with Gasteiger partial charge in [0.25, 0.3) is 0 Å². The topological polar surface area (TPSA) is 45.7 Å². The average molecular weight is 420 g/mol. The van der Waals surface area contributed by atoms with Crippen LogP contribution in [0.1, 0.15) is 35.6 Å². The van der Waals surface area contributed by atoms with Crippen LogP contribution in [0.4, 0.5) is 4.79 Å². The van der Waals surface area contributed by atoms with E-state index in [0.717, 1.165) is 54.7 Å². The zero-order valence-electron chi connectivity index (χ0n) is 16.9. The molecule has 2 aromatic carbocycles. The third-order valence-corrected chi connectivity index (χ3v) is 7.83. The molecule has 0 aliphatic carbocycles. The quantitative estimate of drug-likeness (QED) is 0.615. The summed E-state index contributed by atoms with van der Waals surface area (Å²) in [6, 6.07) is 14.7. The van der Waals surface area contributed by atoms with E-state index in [4.69, 9.17) is 4.74 Å². The van der Waals surface area contributed by atoms with Gasteiger partial charge in [-0.2, -0.15) is 0 Å². The van der Waals surface area contributed by atoms with E-state index in [1.165, 1.54) is 11.1 Å². The lowest BCUT2D eigenvalue weighted by Crippen LogP contribution is -2.53. The number of ether oxygens (including phenoxy) is 1. The lowest BCUT2D eigenvalue weighted by molar-refractivity contribution is -0.0462. The number of thiazole rings is 1. The highest BCUT2D eigenvalue weighted by Gasteiger charge is 2.39. The van der Waals surface area contributed by atoms with Gasteiger partial charge in [-0.05, 0) is 67.1 Å². The Balaban J connectivity index is 1.34. The number of fused-ring (bicyclic) bond motifs is 5. The summed E-state index contributed by atoms with van der Waals surface area (Å²) in [5.74, 6) is 0.517. The molecule has 3 aromatic rings. The van der Waals surface area contributed by atoms with Crippen molar-refractivity contribution in [3.63, 3.8) is 0 Å². The maximum Gasteiger partial charge on any atom is 0.410 e. The first kappa shape index (κ1) is 18.3. The molecule has 0 saturated carbocycles. The Morgan fingerprint density at radius 1 is 1.10 bits per heavy atom. The molecule has 5 heterocycles. The van der Waals surface area contributed by atoms with Gasteiger partial charge >= 0.3 is 6.09 Å². The molecule has 2 bridgehead atoms. The van der Waals surface area contributed by atoms with Gasteiger partial charge in [0.1, 0.15) is 6.10 Å². The fraction of sp³-hybridized carbons (Fsp3) is 0.417. The molecular weight excluding hydrogens is 394 g/mol. The van der Waals surface area contributed by atoms with Crippen molar-refractivity contribution in [1.82, 2.24) is 14.8 Å². The first-order chi connectivity index (χ1) is 14.8. The molecule has 5 nitrogen and oxygen atoms in total. The number of carbonyl (C=O) groups excluding carboxylic acids is 1. The van der Waals surface area contributed by atoms with E-state index in [1.807, 2.05) is 10.4 Å². The van der Waals surface area contributed by atoms with Crippen LogP contribution < -0.4 is 0 Å². The molecule has 0 radical (unpaired) electrons. The Kier molecular flexibility index (Phi) is 4.50. The Hall–Kier alpha value is -2.44. The van der Waals surface area contributed by atoms with Gasteiger partial charge in [-0.1, -0.05) is 30.3 Å². The summed E-state index contributed by atoms with van der Waals surface area (Å²) >= 11 is 1.64. The number of hydrogen-bond acceptors (Lipinski definition) is 5. The number of piperidine rings is 3. The van der Waals surface area contributed by atoms with Crippen molar-refractivity contribution in [3.8, 4) is 0 Å². The molecule has 2 atom stereocenters. The van der Waals surface area contributed by atoms with Crippen LogP contribution in [0.25, 0.3) is 10.2 Å². The van der Waals surface area contributed by atoms with E-state index >= 15 is 0 Å². The molecule has 1 aromatic heterocycles. The monoisotopic (exact) mass is 419 g/mol. The minimum absolute atomic E-state index is 0.0294. The molecule has 0 spiro atoms. The van der Waals surface area contributed by atoms with Crippen LogP contribution in [0, 0.1) is 5.92 Å². The minimum Gasteiger partial charge on any atom is -0.444 e. The summed E-state index contributed by atoms with van der Waals surface area (Å²) in [5.41, 5.74) is 6.54. The molecule has 3 saturated heterocycles. The van der Waals surface area contributed by atoms with Crippen molar-refractivity contribution in [1.29, 1.82) is 0 Å². The van der Waals surface area contributed by atoms with E-state index in [0.29, 0.717) is 12.5 Å². The van der Waals surface area contributed by atoms with Gasteiger partial charge in [-0.15, -0.1) is 11.3 Å². The van der Waals surface area contributed by atoms with Crippen LogP contribution in [0.2, 0.25) is 0 Å². The van der Waals surface area contributed by atoms with E-state index < -0.39 is 0 Å². The Labute approximate surface area is 180 Å². The first-order valence-electron chi connectivity index (χ1n) is 10.9. The second-order valence-electron chi connectivity index (χ2n) is 8.68. The van der Waals surface area contributed by atoms with Crippen LogP contribution in [-0.2, 0) is 11.2 Å². The van der Waals surface area contributed by atoms with Gasteiger partial charge < -0.3 is 4.74 Å². The predicted molar refractivity (Wildman–Crippen MR) is 118 cm³/mol. The van der Waals surface area contributed by atoms with Crippen LogP contribution >= 0.6 is 11.3 Å². The maximum atomic E-state index is 13.4. The summed E-state index contributed by atoms with van der Waals surface area (Å²) in [5, 5.41) is 0. The molecule has 154 valence electrons. The molecule has 0 unspecified atom stereocenters. The Morgan fingerprint density at radius 3 is 2.80 bits per heavy atom. The molecule has 4 aliphatic rings. The number of benzene rings is 2. The van der Waals surface area contributed by atoms with E-state index in [1.54, 1.807) is 11.3 Å². The van der Waals surface area contributed by atoms with Crippen molar-refractivity contribution in [3.05, 3.63) is 64.7 Å². The fourth-order valence-corrected chi connectivity index (χ4v) is 6.13. The molecule has 30 heavy (non-hydrogen) atoms. The largest absolute Gasteiger partial charge is 0.444 e. The molecular formula is C24H25N3O2S. The highest BCUT2D eigenvalue weighted by atomic mass is 32.1. The number of carbonyl (C=O) groups is 1. The Morgan fingerprint density at radius 2 is 1.97 bits per heavy atom. The van der Waals surface area contributed by atoms with Crippen molar-refractivity contribution in [2.45, 2.75) is 31.4 Å². The fourth-order valence-electron chi connectivity index (χ4n) is 5.41. The maximum absolute atomic E-state index is 13.4. The van der Waals surface area contributed by atoms with Gasteiger partial charge in [0.15, 0.2) is 0 Å². The summed E-state index contributed by atoms with van der Waals surface area (Å²) in [6.07, 6.45) is 3.02. The summed E-state index contributed by atoms with van der Waals surface area (Å²) < 4.78 is 7.29. The van der Waals surface area contributed by atoms with Crippen LogP contribution in [0.3, 0.4) is 0 Å². The van der Waals surface area contributed by atoms with Crippen molar-refractivity contribution in [2.24, 2.45) is 5.92 Å². The number of amides is 1. The minimum atomic E-state index is -0.169. The standard InChI is InChI=1S/C24H25N3O2S/c28-24(29-21-14-26-10-7-17(21)8-11-26)27-12-9-16-3-1-2-4-19(16)23(27)18-5-6-20-22(13-18)30-15-25-20/h1-6,13,15,17,21,23H,7-12,14H2/t21-,23+/m1/s1. The molecule has 3 fully saturated rings. The molecule has 1 amide bonds. The predicted octanol–water partition coefficient (Wildman–Crippen LogP) is 4.47. The van der Waals surface area contributed by atoms with Crippen LogP contribution in [0.15, 0.2) is 48.0 Å². The van der Waals surface area contributed by atoms with E-state index in [9.17, 15) is 4.79 Å². The van der Waals surface area contributed by atoms with E-state index in [2.05, 4.69) is 52.3 Å².